The van der Waals surface area contributed by atoms with E-state index in [4.69, 9.17) is 16.3 Å². The number of carbonyl (C=O) groups excluding carboxylic acids is 1. The van der Waals surface area contributed by atoms with Crippen molar-refractivity contribution in [2.24, 2.45) is 0 Å². The van der Waals surface area contributed by atoms with Gasteiger partial charge in [-0.05, 0) is 30.2 Å². The Morgan fingerprint density at radius 1 is 1.33 bits per heavy atom. The molecule has 0 saturated carbocycles. The summed E-state index contributed by atoms with van der Waals surface area (Å²) in [4.78, 5) is 10.9. The Kier molecular flexibility index (Phi) is 4.43. The molecule has 0 aliphatic rings. The number of rotatable bonds is 4. The quantitative estimate of drug-likeness (QED) is 0.743. The first-order valence-electron chi connectivity index (χ1n) is 4.56. The Bertz CT molecular complexity index is 350. The summed E-state index contributed by atoms with van der Waals surface area (Å²) < 4.78 is 9.62. The van der Waals surface area contributed by atoms with Crippen LogP contribution in [0.3, 0.4) is 0 Å². The van der Waals surface area contributed by atoms with E-state index in [-0.39, 0.29) is 5.97 Å². The zero-order chi connectivity index (χ0) is 11.3. The standard InChI is InChI=1S/C11H13ClO3/c1-14-10-6-8(5-9(12)7-10)3-4-11(13)15-2/h5-7H,3-4H2,1-2H3. The molecule has 0 bridgehead atoms. The van der Waals surface area contributed by atoms with Crippen molar-refractivity contribution in [1.82, 2.24) is 0 Å². The van der Waals surface area contributed by atoms with Crippen LogP contribution in [0.2, 0.25) is 5.02 Å². The fourth-order valence-corrected chi connectivity index (χ4v) is 1.48. The van der Waals surface area contributed by atoms with E-state index in [0.717, 1.165) is 5.56 Å². The summed E-state index contributed by atoms with van der Waals surface area (Å²) in [5, 5.41) is 0.606. The van der Waals surface area contributed by atoms with Crippen molar-refractivity contribution in [2.75, 3.05) is 14.2 Å². The molecular weight excluding hydrogens is 216 g/mol. The van der Waals surface area contributed by atoms with Crippen molar-refractivity contribution in [3.8, 4) is 5.75 Å². The van der Waals surface area contributed by atoms with Gasteiger partial charge in [-0.25, -0.2) is 0 Å². The van der Waals surface area contributed by atoms with Gasteiger partial charge in [-0.2, -0.15) is 0 Å². The molecule has 0 saturated heterocycles. The van der Waals surface area contributed by atoms with Gasteiger partial charge in [-0.15, -0.1) is 0 Å². The molecular formula is C11H13ClO3. The molecule has 82 valence electrons. The van der Waals surface area contributed by atoms with Crippen molar-refractivity contribution in [2.45, 2.75) is 12.8 Å². The lowest BCUT2D eigenvalue weighted by atomic mass is 10.1. The van der Waals surface area contributed by atoms with Crippen LogP contribution < -0.4 is 4.74 Å². The zero-order valence-corrected chi connectivity index (χ0v) is 9.50. The first kappa shape index (κ1) is 11.9. The van der Waals surface area contributed by atoms with Crippen molar-refractivity contribution >= 4 is 17.6 Å². The van der Waals surface area contributed by atoms with Crippen LogP contribution in [0.5, 0.6) is 5.75 Å². The van der Waals surface area contributed by atoms with Crippen LogP contribution in [-0.4, -0.2) is 20.2 Å². The highest BCUT2D eigenvalue weighted by molar-refractivity contribution is 6.30. The highest BCUT2D eigenvalue weighted by Gasteiger charge is 2.04. The number of hydrogen-bond acceptors (Lipinski definition) is 3. The molecule has 0 radical (unpaired) electrons. The first-order valence-corrected chi connectivity index (χ1v) is 4.93. The highest BCUT2D eigenvalue weighted by Crippen LogP contribution is 2.21. The summed E-state index contributed by atoms with van der Waals surface area (Å²) in [5.74, 6) is 0.469. The SMILES string of the molecule is COC(=O)CCc1cc(Cl)cc(OC)c1. The summed E-state index contributed by atoms with van der Waals surface area (Å²) in [5.41, 5.74) is 0.963. The molecule has 3 nitrogen and oxygen atoms in total. The summed E-state index contributed by atoms with van der Waals surface area (Å²) >= 11 is 5.88. The average molecular weight is 229 g/mol. The maximum Gasteiger partial charge on any atom is 0.305 e. The molecule has 0 aliphatic heterocycles. The van der Waals surface area contributed by atoms with Gasteiger partial charge >= 0.3 is 5.97 Å². The first-order chi connectivity index (χ1) is 7.15. The lowest BCUT2D eigenvalue weighted by Crippen LogP contribution is -2.02. The van der Waals surface area contributed by atoms with Gasteiger partial charge in [0.2, 0.25) is 0 Å². The summed E-state index contributed by atoms with van der Waals surface area (Å²) in [6.07, 6.45) is 0.948. The Morgan fingerprint density at radius 2 is 2.07 bits per heavy atom. The van der Waals surface area contributed by atoms with Gasteiger partial charge in [0.1, 0.15) is 5.75 Å². The van der Waals surface area contributed by atoms with Crippen LogP contribution in [0.1, 0.15) is 12.0 Å². The van der Waals surface area contributed by atoms with Gasteiger partial charge < -0.3 is 9.47 Å². The van der Waals surface area contributed by atoms with E-state index < -0.39 is 0 Å². The molecule has 0 fully saturated rings. The predicted molar refractivity (Wildman–Crippen MR) is 58.3 cm³/mol. The van der Waals surface area contributed by atoms with Gasteiger partial charge in [0.05, 0.1) is 14.2 Å². The maximum atomic E-state index is 10.9. The fourth-order valence-electron chi connectivity index (χ4n) is 1.23. The lowest BCUT2D eigenvalue weighted by molar-refractivity contribution is -0.140. The maximum absolute atomic E-state index is 10.9. The van der Waals surface area contributed by atoms with Crippen LogP contribution in [-0.2, 0) is 16.0 Å². The third-order valence-corrected chi connectivity index (χ3v) is 2.23. The van der Waals surface area contributed by atoms with E-state index in [0.29, 0.717) is 23.6 Å². The topological polar surface area (TPSA) is 35.5 Å². The van der Waals surface area contributed by atoms with Gasteiger partial charge in [-0.3, -0.25) is 4.79 Å². The van der Waals surface area contributed by atoms with E-state index in [1.54, 1.807) is 13.2 Å². The molecule has 0 amide bonds. The molecule has 15 heavy (non-hydrogen) atoms. The van der Waals surface area contributed by atoms with Crippen molar-refractivity contribution in [1.29, 1.82) is 0 Å². The minimum Gasteiger partial charge on any atom is -0.497 e. The van der Waals surface area contributed by atoms with E-state index in [1.165, 1.54) is 7.11 Å². The Labute approximate surface area is 93.9 Å². The third-order valence-electron chi connectivity index (χ3n) is 2.01. The van der Waals surface area contributed by atoms with Crippen molar-refractivity contribution in [3.05, 3.63) is 28.8 Å². The minimum atomic E-state index is -0.228. The number of ether oxygens (including phenoxy) is 2. The number of methoxy groups -OCH3 is 2. The third kappa shape index (κ3) is 3.80. The Morgan fingerprint density at radius 3 is 2.67 bits per heavy atom. The fraction of sp³-hybridized carbons (Fsp3) is 0.364. The minimum absolute atomic E-state index is 0.228. The number of hydrogen-bond donors (Lipinski definition) is 0. The van der Waals surface area contributed by atoms with E-state index in [2.05, 4.69) is 4.74 Å². The van der Waals surface area contributed by atoms with E-state index >= 15 is 0 Å². The zero-order valence-electron chi connectivity index (χ0n) is 8.75. The predicted octanol–water partition coefficient (Wildman–Crippen LogP) is 2.45. The molecule has 0 N–H and O–H groups in total. The molecule has 1 aromatic rings. The van der Waals surface area contributed by atoms with Crippen molar-refractivity contribution in [3.63, 3.8) is 0 Å². The average Bonchev–Trinajstić information content (AvgIpc) is 2.25. The molecule has 1 aromatic carbocycles. The van der Waals surface area contributed by atoms with Crippen molar-refractivity contribution < 1.29 is 14.3 Å². The molecule has 1 rings (SSSR count). The summed E-state index contributed by atoms with van der Waals surface area (Å²) in [7, 11) is 2.95. The Hall–Kier alpha value is -1.22. The number of esters is 1. The normalized spacial score (nSPS) is 9.80. The largest absolute Gasteiger partial charge is 0.497 e. The van der Waals surface area contributed by atoms with Gasteiger partial charge in [0.15, 0.2) is 0 Å². The second-order valence-corrected chi connectivity index (χ2v) is 3.51. The van der Waals surface area contributed by atoms with Crippen LogP contribution in [0.15, 0.2) is 18.2 Å². The van der Waals surface area contributed by atoms with Crippen LogP contribution in [0.4, 0.5) is 0 Å². The summed E-state index contributed by atoms with van der Waals surface area (Å²) in [6, 6.07) is 5.39. The number of halogens is 1. The summed E-state index contributed by atoms with van der Waals surface area (Å²) in [6.45, 7) is 0. The molecule has 0 spiro atoms. The molecule has 0 unspecified atom stereocenters. The van der Waals surface area contributed by atoms with Crippen LogP contribution in [0, 0.1) is 0 Å². The Balaban J connectivity index is 2.68. The number of carbonyl (C=O) groups is 1. The van der Waals surface area contributed by atoms with Gasteiger partial charge in [-0.1, -0.05) is 11.6 Å². The van der Waals surface area contributed by atoms with Crippen LogP contribution in [0.25, 0.3) is 0 Å². The molecule has 0 aromatic heterocycles. The second-order valence-electron chi connectivity index (χ2n) is 3.08. The van der Waals surface area contributed by atoms with Gasteiger partial charge in [0.25, 0.3) is 0 Å². The smallest absolute Gasteiger partial charge is 0.305 e. The van der Waals surface area contributed by atoms with Gasteiger partial charge in [0, 0.05) is 11.4 Å². The second kappa shape index (κ2) is 5.61. The van der Waals surface area contributed by atoms with Crippen LogP contribution >= 0.6 is 11.6 Å². The molecule has 0 heterocycles. The highest BCUT2D eigenvalue weighted by atomic mass is 35.5. The van der Waals surface area contributed by atoms with E-state index in [9.17, 15) is 4.79 Å². The van der Waals surface area contributed by atoms with E-state index in [1.807, 2.05) is 12.1 Å². The number of benzene rings is 1. The number of aryl methyl sites for hydroxylation is 1. The monoisotopic (exact) mass is 228 g/mol. The lowest BCUT2D eigenvalue weighted by Gasteiger charge is -2.05. The molecule has 0 aliphatic carbocycles. The molecule has 4 heteroatoms. The molecule has 0 atom stereocenters.